The van der Waals surface area contributed by atoms with Gasteiger partial charge in [-0.05, 0) is 6.08 Å². The van der Waals surface area contributed by atoms with Crippen LogP contribution in [0.5, 0.6) is 0 Å². The third-order valence-electron chi connectivity index (χ3n) is 2.18. The standard InChI is InChI=1S/C7H9NO6S.Na/c1-5-4-6(8(10)11)2-3-7(5,9)15(12,13)14;/h2-5,9H,1H3,(H,12,13,14);/q;+1/p-1. The van der Waals surface area contributed by atoms with E-state index < -0.39 is 25.9 Å². The molecule has 1 N–H and O–H groups in total. The molecule has 0 aromatic rings. The maximum Gasteiger partial charge on any atom is 1.00 e. The first kappa shape index (κ1) is 15.8. The Kier molecular flexibility index (Phi) is 4.87. The van der Waals surface area contributed by atoms with Crippen LogP contribution >= 0.6 is 0 Å². The number of hydrogen-bond donors (Lipinski definition) is 1. The Labute approximate surface area is 114 Å². The molecule has 7 nitrogen and oxygen atoms in total. The van der Waals surface area contributed by atoms with Crippen molar-refractivity contribution in [1.29, 1.82) is 0 Å². The van der Waals surface area contributed by atoms with Crippen LogP contribution in [0.3, 0.4) is 0 Å². The Morgan fingerprint density at radius 3 is 2.38 bits per heavy atom. The average Bonchev–Trinajstić information content (AvgIpc) is 2.07. The quantitative estimate of drug-likeness (QED) is 0.238. The molecule has 2 atom stereocenters. The molecule has 0 heterocycles. The summed E-state index contributed by atoms with van der Waals surface area (Å²) in [5.41, 5.74) is -0.351. The van der Waals surface area contributed by atoms with E-state index >= 15 is 0 Å². The van der Waals surface area contributed by atoms with E-state index in [1.165, 1.54) is 6.92 Å². The van der Waals surface area contributed by atoms with Gasteiger partial charge < -0.3 is 9.66 Å². The Balaban J connectivity index is 0.00000225. The van der Waals surface area contributed by atoms with Gasteiger partial charge in [0.25, 0.3) is 5.70 Å². The van der Waals surface area contributed by atoms with Gasteiger partial charge in [0, 0.05) is 18.1 Å². The molecule has 1 aliphatic rings. The maximum absolute atomic E-state index is 10.7. The molecule has 0 aromatic heterocycles. The molecule has 0 amide bonds. The first-order chi connectivity index (χ1) is 6.68. The molecule has 1 aliphatic carbocycles. The largest absolute Gasteiger partial charge is 1.00 e. The van der Waals surface area contributed by atoms with E-state index in [1.807, 2.05) is 0 Å². The van der Waals surface area contributed by atoms with Gasteiger partial charge in [-0.15, -0.1) is 0 Å². The van der Waals surface area contributed by atoms with Gasteiger partial charge in [0.2, 0.25) is 0 Å². The summed E-state index contributed by atoms with van der Waals surface area (Å²) in [6.45, 7) is 1.21. The Morgan fingerprint density at radius 2 is 2.06 bits per heavy atom. The van der Waals surface area contributed by atoms with Gasteiger partial charge >= 0.3 is 29.6 Å². The van der Waals surface area contributed by atoms with E-state index in [1.54, 1.807) is 0 Å². The molecule has 0 bridgehead atoms. The van der Waals surface area contributed by atoms with Crippen molar-refractivity contribution >= 4 is 10.1 Å². The van der Waals surface area contributed by atoms with E-state index in [9.17, 15) is 28.2 Å². The average molecular weight is 257 g/mol. The SMILES string of the molecule is CC1C=C([N+](=O)[O-])C=CC1(O)S(=O)(=O)[O-].[Na+]. The first-order valence-corrected chi connectivity index (χ1v) is 5.32. The minimum absolute atomic E-state index is 0. The summed E-state index contributed by atoms with van der Waals surface area (Å²) in [5, 5.41) is 19.9. The van der Waals surface area contributed by atoms with Crippen LogP contribution in [-0.4, -0.2) is 27.9 Å². The molecule has 0 aliphatic heterocycles. The van der Waals surface area contributed by atoms with Gasteiger partial charge in [0.1, 0.15) is 10.1 Å². The first-order valence-electron chi connectivity index (χ1n) is 3.92. The van der Waals surface area contributed by atoms with E-state index in [0.29, 0.717) is 6.08 Å². The third kappa shape index (κ3) is 2.70. The Bertz CT molecular complexity index is 455. The number of hydrogen-bond acceptors (Lipinski definition) is 6. The molecule has 0 saturated carbocycles. The summed E-state index contributed by atoms with van der Waals surface area (Å²) in [6, 6.07) is 0. The molecular formula is C7H8NNaO6S. The minimum atomic E-state index is -4.97. The van der Waals surface area contributed by atoms with Crippen molar-refractivity contribution in [3.8, 4) is 0 Å². The minimum Gasteiger partial charge on any atom is -0.745 e. The van der Waals surface area contributed by atoms with Crippen molar-refractivity contribution in [2.45, 2.75) is 11.9 Å². The summed E-state index contributed by atoms with van der Waals surface area (Å²) in [4.78, 5) is 7.00. The van der Waals surface area contributed by atoms with Crippen LogP contribution in [0.1, 0.15) is 6.92 Å². The number of nitrogens with zero attached hydrogens (tertiary/aromatic N) is 1. The number of rotatable bonds is 2. The number of nitro groups is 1. The molecule has 84 valence electrons. The second-order valence-corrected chi connectivity index (χ2v) is 4.74. The zero-order chi connectivity index (χ0) is 11.9. The van der Waals surface area contributed by atoms with Gasteiger partial charge in [0.15, 0.2) is 4.93 Å². The maximum atomic E-state index is 10.7. The van der Waals surface area contributed by atoms with Crippen LogP contribution in [0.4, 0.5) is 0 Å². The fourth-order valence-corrected chi connectivity index (χ4v) is 1.98. The molecule has 1 rings (SSSR count). The Morgan fingerprint density at radius 1 is 1.56 bits per heavy atom. The molecule has 9 heteroatoms. The number of aliphatic hydroxyl groups is 1. The summed E-state index contributed by atoms with van der Waals surface area (Å²) >= 11 is 0. The second-order valence-electron chi connectivity index (χ2n) is 3.18. The summed E-state index contributed by atoms with van der Waals surface area (Å²) in [7, 11) is -4.97. The topological polar surface area (TPSA) is 121 Å². The molecule has 0 saturated heterocycles. The summed E-state index contributed by atoms with van der Waals surface area (Å²) in [5.74, 6) is -1.16. The fourth-order valence-electron chi connectivity index (χ4n) is 1.22. The van der Waals surface area contributed by atoms with E-state index in [0.717, 1.165) is 12.2 Å². The van der Waals surface area contributed by atoms with Gasteiger partial charge in [-0.25, -0.2) is 8.42 Å². The van der Waals surface area contributed by atoms with Crippen LogP contribution < -0.4 is 29.6 Å². The molecule has 0 fully saturated rings. The van der Waals surface area contributed by atoms with Gasteiger partial charge in [-0.1, -0.05) is 6.92 Å². The van der Waals surface area contributed by atoms with Crippen molar-refractivity contribution in [2.75, 3.05) is 0 Å². The van der Waals surface area contributed by atoms with Gasteiger partial charge in [0.05, 0.1) is 4.92 Å². The van der Waals surface area contributed by atoms with E-state index in [4.69, 9.17) is 0 Å². The normalized spacial score (nSPS) is 29.2. The molecular weight excluding hydrogens is 249 g/mol. The van der Waals surface area contributed by atoms with Crippen LogP contribution in [0.2, 0.25) is 0 Å². The van der Waals surface area contributed by atoms with E-state index in [2.05, 4.69) is 0 Å². The van der Waals surface area contributed by atoms with Crippen LogP contribution in [-0.2, 0) is 10.1 Å². The van der Waals surface area contributed by atoms with Crippen molar-refractivity contribution in [3.05, 3.63) is 34.0 Å². The summed E-state index contributed by atoms with van der Waals surface area (Å²) in [6.07, 6.45) is 2.36. The molecule has 16 heavy (non-hydrogen) atoms. The molecule has 2 unspecified atom stereocenters. The fraction of sp³-hybridized carbons (Fsp3) is 0.429. The zero-order valence-electron chi connectivity index (χ0n) is 8.65. The van der Waals surface area contributed by atoms with Crippen LogP contribution in [0.25, 0.3) is 0 Å². The molecule has 0 spiro atoms. The van der Waals surface area contributed by atoms with Crippen molar-refractivity contribution in [3.63, 3.8) is 0 Å². The third-order valence-corrected chi connectivity index (χ3v) is 3.49. The predicted octanol–water partition coefficient (Wildman–Crippen LogP) is -3.41. The Hall–Kier alpha value is -0.250. The number of allylic oxidation sites excluding steroid dienone is 1. The smallest absolute Gasteiger partial charge is 0.745 e. The predicted molar refractivity (Wildman–Crippen MR) is 48.0 cm³/mol. The van der Waals surface area contributed by atoms with Gasteiger partial charge in [-0.2, -0.15) is 0 Å². The second kappa shape index (κ2) is 4.94. The van der Waals surface area contributed by atoms with Crippen molar-refractivity contribution in [2.24, 2.45) is 5.92 Å². The molecule has 0 aromatic carbocycles. The van der Waals surface area contributed by atoms with Crippen LogP contribution in [0, 0.1) is 16.0 Å². The summed E-state index contributed by atoms with van der Waals surface area (Å²) < 4.78 is 32.2. The molecule has 0 radical (unpaired) electrons. The van der Waals surface area contributed by atoms with E-state index in [-0.39, 0.29) is 35.3 Å². The monoisotopic (exact) mass is 257 g/mol. The van der Waals surface area contributed by atoms with Crippen LogP contribution in [0.15, 0.2) is 23.9 Å². The van der Waals surface area contributed by atoms with Crippen molar-refractivity contribution < 1.29 is 52.6 Å². The zero-order valence-corrected chi connectivity index (χ0v) is 11.5. The van der Waals surface area contributed by atoms with Crippen molar-refractivity contribution in [1.82, 2.24) is 0 Å². The van der Waals surface area contributed by atoms with Gasteiger partial charge in [-0.3, -0.25) is 10.1 Å².